The Bertz CT molecular complexity index is 1670. The SMILES string of the molecule is CCOC(=O)Cn1c(=O)c2c(nc3n(-c4ccc(CC)cc4)c(-c4ccccc4)cn23)n(C)c1=O. The molecule has 0 aliphatic carbocycles. The number of hydrogen-bond acceptors (Lipinski definition) is 5. The highest BCUT2D eigenvalue weighted by Crippen LogP contribution is 2.29. The van der Waals surface area contributed by atoms with E-state index in [1.165, 1.54) is 17.2 Å². The number of nitrogens with zero attached hydrogens (tertiary/aromatic N) is 5. The molecule has 0 amide bonds. The summed E-state index contributed by atoms with van der Waals surface area (Å²) in [6.07, 6.45) is 2.76. The predicted molar refractivity (Wildman–Crippen MR) is 133 cm³/mol. The third-order valence-corrected chi connectivity index (χ3v) is 6.11. The topological polar surface area (TPSA) is 92.5 Å². The van der Waals surface area contributed by atoms with E-state index in [2.05, 4.69) is 19.1 Å². The molecule has 0 bridgehead atoms. The highest BCUT2D eigenvalue weighted by Gasteiger charge is 2.23. The van der Waals surface area contributed by atoms with Crippen LogP contribution in [-0.2, 0) is 29.5 Å². The Kier molecular flexibility index (Phi) is 5.60. The molecule has 5 aromatic rings. The highest BCUT2D eigenvalue weighted by molar-refractivity contribution is 5.80. The van der Waals surface area contributed by atoms with Crippen LogP contribution in [0.4, 0.5) is 0 Å². The number of ether oxygens (including phenoxy) is 1. The molecule has 0 aliphatic rings. The van der Waals surface area contributed by atoms with Gasteiger partial charge in [0.2, 0.25) is 5.78 Å². The van der Waals surface area contributed by atoms with Crippen molar-refractivity contribution in [2.24, 2.45) is 7.05 Å². The van der Waals surface area contributed by atoms with Crippen LogP contribution in [0.3, 0.4) is 0 Å². The van der Waals surface area contributed by atoms with Crippen molar-refractivity contribution in [3.8, 4) is 16.9 Å². The van der Waals surface area contributed by atoms with E-state index in [9.17, 15) is 14.4 Å². The summed E-state index contributed by atoms with van der Waals surface area (Å²) >= 11 is 0. The summed E-state index contributed by atoms with van der Waals surface area (Å²) in [7, 11) is 1.54. The summed E-state index contributed by atoms with van der Waals surface area (Å²) in [6, 6.07) is 18.0. The maximum atomic E-state index is 13.5. The molecule has 0 saturated heterocycles. The molecule has 3 heterocycles. The lowest BCUT2D eigenvalue weighted by Crippen LogP contribution is -2.41. The van der Waals surface area contributed by atoms with Gasteiger partial charge in [-0.05, 0) is 31.0 Å². The summed E-state index contributed by atoms with van der Waals surface area (Å²) in [5.74, 6) is -0.158. The van der Waals surface area contributed by atoms with E-state index in [-0.39, 0.29) is 17.8 Å². The number of aromatic nitrogens is 5. The Labute approximate surface area is 200 Å². The first kappa shape index (κ1) is 22.4. The van der Waals surface area contributed by atoms with E-state index in [0.29, 0.717) is 5.78 Å². The number of imidazole rings is 2. The number of hydrogen-bond donors (Lipinski definition) is 0. The van der Waals surface area contributed by atoms with Gasteiger partial charge in [-0.2, -0.15) is 4.98 Å². The van der Waals surface area contributed by atoms with Gasteiger partial charge < -0.3 is 4.74 Å². The van der Waals surface area contributed by atoms with Gasteiger partial charge in [0, 0.05) is 24.5 Å². The lowest BCUT2D eigenvalue weighted by Gasteiger charge is -2.10. The van der Waals surface area contributed by atoms with Crippen molar-refractivity contribution < 1.29 is 9.53 Å². The van der Waals surface area contributed by atoms with Crippen LogP contribution >= 0.6 is 0 Å². The van der Waals surface area contributed by atoms with Gasteiger partial charge in [-0.3, -0.25) is 23.1 Å². The number of fused-ring (bicyclic) bond motifs is 3. The van der Waals surface area contributed by atoms with E-state index in [4.69, 9.17) is 9.72 Å². The first-order chi connectivity index (χ1) is 16.9. The van der Waals surface area contributed by atoms with Crippen molar-refractivity contribution in [2.45, 2.75) is 26.8 Å². The largest absolute Gasteiger partial charge is 0.465 e. The molecular formula is C26H25N5O4. The Morgan fingerprint density at radius 2 is 1.71 bits per heavy atom. The van der Waals surface area contributed by atoms with Crippen molar-refractivity contribution in [2.75, 3.05) is 6.61 Å². The van der Waals surface area contributed by atoms with E-state index >= 15 is 0 Å². The third-order valence-electron chi connectivity index (χ3n) is 6.11. The second-order valence-corrected chi connectivity index (χ2v) is 8.23. The van der Waals surface area contributed by atoms with Crippen LogP contribution in [0.25, 0.3) is 33.9 Å². The van der Waals surface area contributed by atoms with Crippen LogP contribution in [-0.4, -0.2) is 35.7 Å². The summed E-state index contributed by atoms with van der Waals surface area (Å²) in [6.45, 7) is 3.46. The number of rotatable bonds is 6. The molecule has 3 aromatic heterocycles. The highest BCUT2D eigenvalue weighted by atomic mass is 16.5. The molecule has 0 fully saturated rings. The molecule has 0 saturated carbocycles. The van der Waals surface area contributed by atoms with Crippen molar-refractivity contribution in [3.63, 3.8) is 0 Å². The average Bonchev–Trinajstić information content (AvgIpc) is 3.43. The summed E-state index contributed by atoms with van der Waals surface area (Å²) in [5.41, 5.74) is 3.10. The predicted octanol–water partition coefficient (Wildman–Crippen LogP) is 2.93. The zero-order valence-corrected chi connectivity index (χ0v) is 19.8. The smallest absolute Gasteiger partial charge is 0.333 e. The van der Waals surface area contributed by atoms with Crippen molar-refractivity contribution in [1.82, 2.24) is 23.1 Å². The Morgan fingerprint density at radius 3 is 2.37 bits per heavy atom. The second kappa shape index (κ2) is 8.75. The van der Waals surface area contributed by atoms with Crippen LogP contribution in [0, 0.1) is 0 Å². The second-order valence-electron chi connectivity index (χ2n) is 8.23. The fourth-order valence-corrected chi connectivity index (χ4v) is 4.32. The van der Waals surface area contributed by atoms with Gasteiger partial charge in [-0.15, -0.1) is 0 Å². The van der Waals surface area contributed by atoms with Crippen LogP contribution in [0.1, 0.15) is 19.4 Å². The van der Waals surface area contributed by atoms with E-state index in [1.54, 1.807) is 11.3 Å². The minimum absolute atomic E-state index is 0.160. The van der Waals surface area contributed by atoms with Gasteiger partial charge in [-0.25, -0.2) is 9.36 Å². The number of esters is 1. The lowest BCUT2D eigenvalue weighted by molar-refractivity contribution is -0.143. The Hall–Kier alpha value is -4.40. The standard InChI is InChI=1S/C26H25N5O4/c1-4-17-11-13-19(14-12-17)31-20(18-9-7-6-8-10-18)15-29-22-23(27-25(29)31)28(3)26(34)30(24(22)33)16-21(32)35-5-2/h6-15H,4-5,16H2,1-3H3. The van der Waals surface area contributed by atoms with Gasteiger partial charge in [0.1, 0.15) is 6.54 Å². The fraction of sp³-hybridized carbons (Fsp3) is 0.231. The zero-order chi connectivity index (χ0) is 24.7. The molecule has 0 spiro atoms. The maximum absolute atomic E-state index is 13.5. The Balaban J connectivity index is 1.84. The number of carbonyl (C=O) groups is 1. The molecule has 5 rings (SSSR count). The normalized spacial score (nSPS) is 11.4. The third kappa shape index (κ3) is 3.65. The molecule has 35 heavy (non-hydrogen) atoms. The van der Waals surface area contributed by atoms with Crippen molar-refractivity contribution in [1.29, 1.82) is 0 Å². The monoisotopic (exact) mass is 471 g/mol. The van der Waals surface area contributed by atoms with E-state index < -0.39 is 23.8 Å². The molecule has 0 unspecified atom stereocenters. The lowest BCUT2D eigenvalue weighted by atomic mass is 10.1. The minimum Gasteiger partial charge on any atom is -0.465 e. The molecular weight excluding hydrogens is 446 g/mol. The fourth-order valence-electron chi connectivity index (χ4n) is 4.32. The number of aryl methyl sites for hydroxylation is 2. The molecule has 0 aliphatic heterocycles. The molecule has 178 valence electrons. The van der Waals surface area contributed by atoms with Crippen LogP contribution in [0.2, 0.25) is 0 Å². The summed E-state index contributed by atoms with van der Waals surface area (Å²) in [5, 5.41) is 0. The Morgan fingerprint density at radius 1 is 1.00 bits per heavy atom. The van der Waals surface area contributed by atoms with Crippen LogP contribution in [0.5, 0.6) is 0 Å². The van der Waals surface area contributed by atoms with Crippen molar-refractivity contribution >= 4 is 22.9 Å². The average molecular weight is 472 g/mol. The van der Waals surface area contributed by atoms with Gasteiger partial charge in [0.15, 0.2) is 11.2 Å². The molecule has 0 atom stereocenters. The first-order valence-electron chi connectivity index (χ1n) is 11.5. The van der Waals surface area contributed by atoms with Gasteiger partial charge in [-0.1, -0.05) is 49.4 Å². The van der Waals surface area contributed by atoms with Crippen LogP contribution < -0.4 is 11.2 Å². The maximum Gasteiger partial charge on any atom is 0.333 e. The number of benzene rings is 2. The first-order valence-corrected chi connectivity index (χ1v) is 11.5. The molecule has 0 N–H and O–H groups in total. The molecule has 9 heteroatoms. The van der Waals surface area contributed by atoms with Gasteiger partial charge >= 0.3 is 11.7 Å². The summed E-state index contributed by atoms with van der Waals surface area (Å²) < 4.78 is 10.8. The molecule has 2 aromatic carbocycles. The van der Waals surface area contributed by atoms with Crippen LogP contribution in [0.15, 0.2) is 70.4 Å². The number of carbonyl (C=O) groups excluding carboxylic acids is 1. The van der Waals surface area contributed by atoms with Gasteiger partial charge in [0.05, 0.1) is 12.3 Å². The molecule has 9 nitrogen and oxygen atoms in total. The van der Waals surface area contributed by atoms with Gasteiger partial charge in [0.25, 0.3) is 5.56 Å². The van der Waals surface area contributed by atoms with E-state index in [1.807, 2.05) is 53.2 Å². The summed E-state index contributed by atoms with van der Waals surface area (Å²) in [4.78, 5) is 43.2. The minimum atomic E-state index is -0.648. The van der Waals surface area contributed by atoms with E-state index in [0.717, 1.165) is 27.9 Å². The van der Waals surface area contributed by atoms with Crippen molar-refractivity contribution in [3.05, 3.63) is 87.2 Å². The molecule has 0 radical (unpaired) electrons. The zero-order valence-electron chi connectivity index (χ0n) is 19.8. The quantitative estimate of drug-likeness (QED) is 0.355.